The molecule has 0 N–H and O–H groups in total. The Morgan fingerprint density at radius 3 is 2.57 bits per heavy atom. The van der Waals surface area contributed by atoms with Gasteiger partial charge in [0.25, 0.3) is 5.56 Å². The van der Waals surface area contributed by atoms with E-state index in [-0.39, 0.29) is 11.4 Å². The Labute approximate surface area is 134 Å². The first-order valence-electron chi connectivity index (χ1n) is 5.85. The molecule has 3 aromatic rings. The van der Waals surface area contributed by atoms with Crippen molar-refractivity contribution in [2.45, 2.75) is 0 Å². The first-order chi connectivity index (χ1) is 10.0. The summed E-state index contributed by atoms with van der Waals surface area (Å²) < 4.78 is 6.87. The third kappa shape index (κ3) is 2.97. The summed E-state index contributed by atoms with van der Waals surface area (Å²) in [5, 5.41) is 1.23. The van der Waals surface area contributed by atoms with Gasteiger partial charge in [0, 0.05) is 12.3 Å². The summed E-state index contributed by atoms with van der Waals surface area (Å²) in [5.41, 5.74) is 0.138. The molecule has 0 aliphatic heterocycles. The molecule has 0 amide bonds. The van der Waals surface area contributed by atoms with Crippen molar-refractivity contribution < 1.29 is 4.74 Å². The van der Waals surface area contributed by atoms with Crippen LogP contribution in [0.2, 0.25) is 15.1 Å². The van der Waals surface area contributed by atoms with Gasteiger partial charge in [-0.05, 0) is 24.3 Å². The normalized spacial score (nSPS) is 10.8. The topological polar surface area (TPSA) is 43.6 Å². The number of halogens is 3. The minimum absolute atomic E-state index is 0.167. The molecular formula is C14H7Cl3N2O2. The molecule has 0 spiro atoms. The second kappa shape index (κ2) is 5.56. The smallest absolute Gasteiger partial charge is 0.261 e. The Kier molecular flexibility index (Phi) is 3.76. The van der Waals surface area contributed by atoms with Crippen molar-refractivity contribution in [1.82, 2.24) is 9.38 Å². The molecule has 0 radical (unpaired) electrons. The van der Waals surface area contributed by atoms with E-state index in [2.05, 4.69) is 4.98 Å². The number of hydrogen-bond acceptors (Lipinski definition) is 3. The van der Waals surface area contributed by atoms with Gasteiger partial charge in [-0.25, -0.2) is 0 Å². The maximum absolute atomic E-state index is 12.0. The van der Waals surface area contributed by atoms with Gasteiger partial charge in [-0.3, -0.25) is 9.20 Å². The second-order valence-corrected chi connectivity index (χ2v) is 5.44. The van der Waals surface area contributed by atoms with Crippen LogP contribution in [0.15, 0.2) is 47.4 Å². The Bertz CT molecular complexity index is 893. The van der Waals surface area contributed by atoms with E-state index in [9.17, 15) is 4.79 Å². The molecule has 0 fully saturated rings. The number of hydrogen-bond donors (Lipinski definition) is 0. The van der Waals surface area contributed by atoms with E-state index in [4.69, 9.17) is 39.5 Å². The Morgan fingerprint density at radius 2 is 1.81 bits per heavy atom. The van der Waals surface area contributed by atoms with Crippen molar-refractivity contribution >= 4 is 40.4 Å². The molecule has 2 aromatic heterocycles. The highest BCUT2D eigenvalue weighted by atomic mass is 35.5. The number of ether oxygens (including phenoxy) is 1. The summed E-state index contributed by atoms with van der Waals surface area (Å²) >= 11 is 17.6. The van der Waals surface area contributed by atoms with E-state index in [1.807, 2.05) is 0 Å². The van der Waals surface area contributed by atoms with Crippen LogP contribution in [-0.2, 0) is 0 Å². The maximum Gasteiger partial charge on any atom is 0.261 e. The average molecular weight is 342 g/mol. The van der Waals surface area contributed by atoms with E-state index < -0.39 is 0 Å². The third-order valence-corrected chi connectivity index (χ3v) is 3.68. The Balaban J connectivity index is 2.03. The Morgan fingerprint density at radius 1 is 1.00 bits per heavy atom. The lowest BCUT2D eigenvalue weighted by Crippen LogP contribution is -2.13. The highest BCUT2D eigenvalue weighted by Crippen LogP contribution is 2.28. The van der Waals surface area contributed by atoms with Gasteiger partial charge in [0.2, 0.25) is 5.88 Å². The average Bonchev–Trinajstić information content (AvgIpc) is 2.44. The molecule has 0 bridgehead atoms. The van der Waals surface area contributed by atoms with Crippen LogP contribution in [0.5, 0.6) is 11.6 Å². The second-order valence-electron chi connectivity index (χ2n) is 4.19. The zero-order chi connectivity index (χ0) is 15.0. The number of pyridine rings is 1. The van der Waals surface area contributed by atoms with Crippen LogP contribution < -0.4 is 10.3 Å². The van der Waals surface area contributed by atoms with E-state index in [1.165, 1.54) is 16.7 Å². The summed E-state index contributed by atoms with van der Waals surface area (Å²) in [6.07, 6.45) is 1.50. The van der Waals surface area contributed by atoms with Crippen molar-refractivity contribution in [3.63, 3.8) is 0 Å². The number of aromatic nitrogens is 2. The van der Waals surface area contributed by atoms with Gasteiger partial charge in [-0.1, -0.05) is 34.8 Å². The molecular weight excluding hydrogens is 335 g/mol. The molecule has 106 valence electrons. The van der Waals surface area contributed by atoms with Crippen molar-refractivity contribution in [1.29, 1.82) is 0 Å². The maximum atomic E-state index is 12.0. The molecule has 3 rings (SSSR count). The monoisotopic (exact) mass is 340 g/mol. The third-order valence-electron chi connectivity index (χ3n) is 2.71. The quantitative estimate of drug-likeness (QED) is 0.692. The predicted octanol–water partition coefficient (Wildman–Crippen LogP) is 4.45. The van der Waals surface area contributed by atoms with Crippen molar-refractivity contribution in [2.75, 3.05) is 0 Å². The van der Waals surface area contributed by atoms with Gasteiger partial charge < -0.3 is 4.74 Å². The summed E-state index contributed by atoms with van der Waals surface area (Å²) in [6, 6.07) is 9.34. The lowest BCUT2D eigenvalue weighted by Gasteiger charge is -2.07. The van der Waals surface area contributed by atoms with Crippen LogP contribution >= 0.6 is 34.8 Å². The largest absolute Gasteiger partial charge is 0.439 e. The summed E-state index contributed by atoms with van der Waals surface area (Å²) in [7, 11) is 0. The minimum atomic E-state index is -0.294. The molecule has 0 aliphatic rings. The minimum Gasteiger partial charge on any atom is -0.439 e. The molecule has 0 atom stereocenters. The molecule has 1 aromatic carbocycles. The lowest BCUT2D eigenvalue weighted by molar-refractivity contribution is 0.462. The van der Waals surface area contributed by atoms with Crippen molar-refractivity contribution in [3.05, 3.63) is 68.0 Å². The van der Waals surface area contributed by atoms with E-state index >= 15 is 0 Å². The fourth-order valence-corrected chi connectivity index (χ4v) is 2.22. The molecule has 21 heavy (non-hydrogen) atoms. The van der Waals surface area contributed by atoms with Crippen molar-refractivity contribution in [3.8, 4) is 11.6 Å². The fraction of sp³-hybridized carbons (Fsp3) is 0. The van der Waals surface area contributed by atoms with E-state index in [1.54, 1.807) is 30.3 Å². The van der Waals surface area contributed by atoms with Gasteiger partial charge in [-0.2, -0.15) is 4.98 Å². The molecule has 0 saturated heterocycles. The highest BCUT2D eigenvalue weighted by Gasteiger charge is 2.06. The van der Waals surface area contributed by atoms with Gasteiger partial charge in [0.05, 0.1) is 21.1 Å². The summed E-state index contributed by atoms with van der Waals surface area (Å²) in [5.74, 6) is 0.607. The van der Waals surface area contributed by atoms with Gasteiger partial charge in [0.15, 0.2) is 0 Å². The lowest BCUT2D eigenvalue weighted by atomic mass is 10.3. The molecule has 0 unspecified atom stereocenters. The van der Waals surface area contributed by atoms with Crippen LogP contribution in [0, 0.1) is 0 Å². The molecule has 4 nitrogen and oxygen atoms in total. The first kappa shape index (κ1) is 14.2. The Hall–Kier alpha value is -1.75. The van der Waals surface area contributed by atoms with Gasteiger partial charge >= 0.3 is 0 Å². The van der Waals surface area contributed by atoms with Gasteiger partial charge in [-0.15, -0.1) is 0 Å². The van der Waals surface area contributed by atoms with E-state index in [0.29, 0.717) is 26.5 Å². The standard InChI is InChI=1S/C14H7Cl3N2O2/c15-8-1-4-12-18-13(6-14(20)19(12)7-8)21-9-2-3-10(16)11(17)5-9/h1-7H. The molecule has 0 saturated carbocycles. The number of nitrogens with zero attached hydrogens (tertiary/aromatic N) is 2. The van der Waals surface area contributed by atoms with E-state index in [0.717, 1.165) is 0 Å². The molecule has 7 heteroatoms. The van der Waals surface area contributed by atoms with Gasteiger partial charge in [0.1, 0.15) is 11.4 Å². The van der Waals surface area contributed by atoms with Crippen LogP contribution in [0.3, 0.4) is 0 Å². The molecule has 0 aliphatic carbocycles. The number of rotatable bonds is 2. The van der Waals surface area contributed by atoms with Crippen LogP contribution in [0.25, 0.3) is 5.65 Å². The van der Waals surface area contributed by atoms with Crippen molar-refractivity contribution in [2.24, 2.45) is 0 Å². The summed E-state index contributed by atoms with van der Waals surface area (Å²) in [4.78, 5) is 16.2. The molecule has 2 heterocycles. The number of fused-ring (bicyclic) bond motifs is 1. The zero-order valence-electron chi connectivity index (χ0n) is 10.4. The fourth-order valence-electron chi connectivity index (χ4n) is 1.77. The zero-order valence-corrected chi connectivity index (χ0v) is 12.7. The SMILES string of the molecule is O=c1cc(Oc2ccc(Cl)c(Cl)c2)nc2ccc(Cl)cn12. The van der Waals surface area contributed by atoms with Crippen LogP contribution in [0.1, 0.15) is 0 Å². The number of benzene rings is 1. The van der Waals surface area contributed by atoms with Crippen LogP contribution in [0.4, 0.5) is 0 Å². The first-order valence-corrected chi connectivity index (χ1v) is 6.98. The predicted molar refractivity (Wildman–Crippen MR) is 83.0 cm³/mol. The van der Waals surface area contributed by atoms with Crippen LogP contribution in [-0.4, -0.2) is 9.38 Å². The summed E-state index contributed by atoms with van der Waals surface area (Å²) in [6.45, 7) is 0. The highest BCUT2D eigenvalue weighted by molar-refractivity contribution is 6.42.